The zero-order valence-electron chi connectivity index (χ0n) is 10.7. The summed E-state index contributed by atoms with van der Waals surface area (Å²) in [6.07, 6.45) is 1.93. The lowest BCUT2D eigenvalue weighted by Crippen LogP contribution is -2.25. The van der Waals surface area contributed by atoms with Gasteiger partial charge in [0.2, 0.25) is 0 Å². The quantitative estimate of drug-likeness (QED) is 0.783. The Kier molecular flexibility index (Phi) is 4.55. The molecule has 0 amide bonds. The van der Waals surface area contributed by atoms with E-state index in [1.807, 2.05) is 0 Å². The van der Waals surface area contributed by atoms with E-state index in [-0.39, 0.29) is 5.82 Å². The van der Waals surface area contributed by atoms with E-state index in [1.54, 1.807) is 19.1 Å². The van der Waals surface area contributed by atoms with Crippen molar-refractivity contribution >= 4 is 5.69 Å². The van der Waals surface area contributed by atoms with Crippen molar-refractivity contribution in [2.45, 2.75) is 25.9 Å². The molecular weight excluding hydrogens is 233 g/mol. The van der Waals surface area contributed by atoms with Crippen molar-refractivity contribution in [3.05, 3.63) is 29.6 Å². The highest BCUT2D eigenvalue weighted by atomic mass is 19.1. The van der Waals surface area contributed by atoms with Crippen LogP contribution in [0.5, 0.6) is 0 Å². The largest absolute Gasteiger partial charge is 0.389 e. The van der Waals surface area contributed by atoms with Crippen LogP contribution >= 0.6 is 0 Å². The molecule has 0 radical (unpaired) electrons. The summed E-state index contributed by atoms with van der Waals surface area (Å²) >= 11 is 0. The van der Waals surface area contributed by atoms with Crippen molar-refractivity contribution < 1.29 is 14.2 Å². The van der Waals surface area contributed by atoms with Crippen LogP contribution < -0.4 is 5.32 Å². The van der Waals surface area contributed by atoms with Crippen LogP contribution in [0.1, 0.15) is 18.4 Å². The molecule has 3 nitrogen and oxygen atoms in total. The highest BCUT2D eigenvalue weighted by Gasteiger charge is 2.21. The van der Waals surface area contributed by atoms with Gasteiger partial charge in [-0.1, -0.05) is 6.07 Å². The molecule has 1 aromatic carbocycles. The van der Waals surface area contributed by atoms with Gasteiger partial charge in [0.1, 0.15) is 5.82 Å². The molecule has 1 unspecified atom stereocenters. The van der Waals surface area contributed by atoms with Crippen LogP contribution in [-0.4, -0.2) is 31.0 Å². The lowest BCUT2D eigenvalue weighted by Gasteiger charge is -2.14. The Morgan fingerprint density at radius 3 is 3.00 bits per heavy atom. The number of halogens is 1. The van der Waals surface area contributed by atoms with Gasteiger partial charge in [-0.05, 0) is 37.8 Å². The Labute approximate surface area is 107 Å². The molecular formula is C14H20FNO2. The molecule has 2 N–H and O–H groups in total. The standard InChI is InChI=1S/C14H20FNO2/c1-10-13(15)3-2-4-14(10)16-7-12(17)9-18-8-11-5-6-11/h2-4,11-12,16-17H,5-9H2,1H3. The number of ether oxygens (including phenoxy) is 1. The van der Waals surface area contributed by atoms with E-state index < -0.39 is 6.10 Å². The van der Waals surface area contributed by atoms with Crippen molar-refractivity contribution in [1.82, 2.24) is 0 Å². The topological polar surface area (TPSA) is 41.5 Å². The minimum atomic E-state index is -0.564. The van der Waals surface area contributed by atoms with Crippen molar-refractivity contribution in [2.24, 2.45) is 5.92 Å². The molecule has 0 aliphatic heterocycles. The number of aliphatic hydroxyl groups excluding tert-OH is 1. The first kappa shape index (κ1) is 13.3. The minimum absolute atomic E-state index is 0.237. The number of rotatable bonds is 7. The monoisotopic (exact) mass is 253 g/mol. The molecule has 4 heteroatoms. The third-order valence-corrected chi connectivity index (χ3v) is 3.16. The fraction of sp³-hybridized carbons (Fsp3) is 0.571. The zero-order valence-corrected chi connectivity index (χ0v) is 10.7. The molecule has 1 atom stereocenters. The van der Waals surface area contributed by atoms with Crippen LogP contribution in [0.4, 0.5) is 10.1 Å². The smallest absolute Gasteiger partial charge is 0.128 e. The molecule has 1 fully saturated rings. The summed E-state index contributed by atoms with van der Waals surface area (Å²) in [7, 11) is 0. The van der Waals surface area contributed by atoms with Crippen molar-refractivity contribution in [1.29, 1.82) is 0 Å². The predicted molar refractivity (Wildman–Crippen MR) is 69.2 cm³/mol. The van der Waals surface area contributed by atoms with Crippen molar-refractivity contribution in [3.8, 4) is 0 Å². The number of benzene rings is 1. The van der Waals surface area contributed by atoms with E-state index in [4.69, 9.17) is 4.74 Å². The second-order valence-corrected chi connectivity index (χ2v) is 4.93. The normalized spacial score (nSPS) is 16.6. The van der Waals surface area contributed by atoms with Crippen LogP contribution in [-0.2, 0) is 4.74 Å². The van der Waals surface area contributed by atoms with E-state index in [0.29, 0.717) is 24.6 Å². The molecule has 0 bridgehead atoms. The van der Waals surface area contributed by atoms with Crippen LogP contribution in [0.25, 0.3) is 0 Å². The lowest BCUT2D eigenvalue weighted by molar-refractivity contribution is 0.0386. The fourth-order valence-electron chi connectivity index (χ4n) is 1.74. The molecule has 1 aliphatic carbocycles. The Balaban J connectivity index is 1.70. The summed E-state index contributed by atoms with van der Waals surface area (Å²) < 4.78 is 18.7. The Morgan fingerprint density at radius 1 is 1.50 bits per heavy atom. The summed E-state index contributed by atoms with van der Waals surface area (Å²) in [4.78, 5) is 0. The van der Waals surface area contributed by atoms with Crippen LogP contribution in [0.3, 0.4) is 0 Å². The molecule has 1 aromatic rings. The Hall–Kier alpha value is -1.13. The second-order valence-electron chi connectivity index (χ2n) is 4.93. The van der Waals surface area contributed by atoms with Gasteiger partial charge in [-0.3, -0.25) is 0 Å². The van der Waals surface area contributed by atoms with Crippen LogP contribution in [0, 0.1) is 18.7 Å². The van der Waals surface area contributed by atoms with Crippen molar-refractivity contribution in [3.63, 3.8) is 0 Å². The molecule has 2 rings (SSSR count). The van der Waals surface area contributed by atoms with Gasteiger partial charge >= 0.3 is 0 Å². The van der Waals surface area contributed by atoms with Gasteiger partial charge in [0.05, 0.1) is 12.7 Å². The third kappa shape index (κ3) is 3.96. The summed E-state index contributed by atoms with van der Waals surface area (Å²) in [6.45, 7) is 3.16. The summed E-state index contributed by atoms with van der Waals surface area (Å²) in [5.41, 5.74) is 1.29. The molecule has 0 aromatic heterocycles. The van der Waals surface area contributed by atoms with Gasteiger partial charge in [-0.25, -0.2) is 4.39 Å². The minimum Gasteiger partial charge on any atom is -0.389 e. The Morgan fingerprint density at radius 2 is 2.28 bits per heavy atom. The lowest BCUT2D eigenvalue weighted by atomic mass is 10.2. The summed E-state index contributed by atoms with van der Waals surface area (Å²) in [5.74, 6) is 0.468. The summed E-state index contributed by atoms with van der Waals surface area (Å²) in [5, 5.41) is 12.8. The Bertz CT molecular complexity index is 393. The molecule has 100 valence electrons. The maximum Gasteiger partial charge on any atom is 0.128 e. The average Bonchev–Trinajstić information content (AvgIpc) is 3.15. The predicted octanol–water partition coefficient (Wildman–Crippen LogP) is 2.33. The van der Waals surface area contributed by atoms with Crippen LogP contribution in [0.2, 0.25) is 0 Å². The first-order valence-electron chi connectivity index (χ1n) is 6.41. The number of hydrogen-bond donors (Lipinski definition) is 2. The van der Waals surface area contributed by atoms with E-state index in [0.717, 1.165) is 12.3 Å². The van der Waals surface area contributed by atoms with E-state index in [9.17, 15) is 9.50 Å². The molecule has 18 heavy (non-hydrogen) atoms. The summed E-state index contributed by atoms with van der Waals surface area (Å²) in [6, 6.07) is 4.88. The van der Waals surface area contributed by atoms with Gasteiger partial charge in [0.25, 0.3) is 0 Å². The SMILES string of the molecule is Cc1c(F)cccc1NCC(O)COCC1CC1. The van der Waals surface area contributed by atoms with Gasteiger partial charge < -0.3 is 15.2 Å². The van der Waals surface area contributed by atoms with Gasteiger partial charge in [0.15, 0.2) is 0 Å². The number of hydrogen-bond acceptors (Lipinski definition) is 3. The van der Waals surface area contributed by atoms with Crippen LogP contribution in [0.15, 0.2) is 18.2 Å². The highest BCUT2D eigenvalue weighted by Crippen LogP contribution is 2.28. The number of aliphatic hydroxyl groups is 1. The zero-order chi connectivity index (χ0) is 13.0. The first-order valence-corrected chi connectivity index (χ1v) is 6.41. The molecule has 1 saturated carbocycles. The molecule has 0 saturated heterocycles. The maximum atomic E-state index is 13.3. The third-order valence-electron chi connectivity index (χ3n) is 3.16. The second kappa shape index (κ2) is 6.16. The molecule has 0 heterocycles. The first-order chi connectivity index (χ1) is 8.66. The van der Waals surface area contributed by atoms with Gasteiger partial charge in [-0.15, -0.1) is 0 Å². The van der Waals surface area contributed by atoms with E-state index in [2.05, 4.69) is 5.32 Å². The average molecular weight is 253 g/mol. The molecule has 1 aliphatic rings. The molecule has 0 spiro atoms. The van der Waals surface area contributed by atoms with Crippen molar-refractivity contribution in [2.75, 3.05) is 25.1 Å². The van der Waals surface area contributed by atoms with E-state index >= 15 is 0 Å². The fourth-order valence-corrected chi connectivity index (χ4v) is 1.74. The van der Waals surface area contributed by atoms with Gasteiger partial charge in [-0.2, -0.15) is 0 Å². The maximum absolute atomic E-state index is 13.3. The highest BCUT2D eigenvalue weighted by molar-refractivity contribution is 5.50. The van der Waals surface area contributed by atoms with Gasteiger partial charge in [0, 0.05) is 24.4 Å². The number of anilines is 1. The van der Waals surface area contributed by atoms with E-state index in [1.165, 1.54) is 18.9 Å². The number of nitrogens with one attached hydrogen (secondary N) is 1.